The van der Waals surface area contributed by atoms with Crippen molar-refractivity contribution in [2.75, 3.05) is 11.9 Å². The number of aryl methyl sites for hydroxylation is 2. The van der Waals surface area contributed by atoms with Crippen LogP contribution >= 0.6 is 11.3 Å². The first kappa shape index (κ1) is 12.4. The molecule has 1 aliphatic carbocycles. The molecule has 2 aromatic rings. The molecule has 0 aliphatic heterocycles. The van der Waals surface area contributed by atoms with Crippen molar-refractivity contribution < 1.29 is 0 Å². The molecule has 0 spiro atoms. The molecule has 5 heteroatoms. The first-order valence-corrected chi connectivity index (χ1v) is 7.52. The second kappa shape index (κ2) is 5.57. The summed E-state index contributed by atoms with van der Waals surface area (Å²) in [6.07, 6.45) is 5.22. The maximum absolute atomic E-state index is 11.9. The molecule has 0 radical (unpaired) electrons. The Bertz CT molecular complexity index is 587. The fourth-order valence-corrected chi connectivity index (χ4v) is 2.65. The number of nitrogens with one attached hydrogen (secondary N) is 1. The Labute approximate surface area is 116 Å². The summed E-state index contributed by atoms with van der Waals surface area (Å²) in [5.41, 5.74) is 0.807. The third-order valence-corrected chi connectivity index (χ3v) is 4.25. The summed E-state index contributed by atoms with van der Waals surface area (Å²) in [6, 6.07) is 5.76. The second-order valence-electron chi connectivity index (χ2n) is 4.96. The van der Waals surface area contributed by atoms with Gasteiger partial charge in [0.2, 0.25) is 0 Å². The molecule has 19 heavy (non-hydrogen) atoms. The first-order chi connectivity index (χ1) is 9.31. The molecule has 0 aromatic carbocycles. The molecular formula is C14H17N3OS. The summed E-state index contributed by atoms with van der Waals surface area (Å²) in [5.74, 6) is 0.793. The molecule has 3 rings (SSSR count). The van der Waals surface area contributed by atoms with Crippen LogP contribution in [0.3, 0.4) is 0 Å². The maximum atomic E-state index is 11.9. The maximum Gasteiger partial charge on any atom is 0.268 e. The number of hydrogen-bond acceptors (Lipinski definition) is 4. The van der Waals surface area contributed by atoms with Crippen molar-refractivity contribution in [2.24, 2.45) is 5.92 Å². The molecule has 0 atom stereocenters. The van der Waals surface area contributed by atoms with Crippen molar-refractivity contribution in [3.63, 3.8) is 0 Å². The van der Waals surface area contributed by atoms with E-state index in [1.165, 1.54) is 22.4 Å². The molecule has 4 nitrogen and oxygen atoms in total. The molecule has 1 aliphatic rings. The van der Waals surface area contributed by atoms with E-state index >= 15 is 0 Å². The number of aromatic nitrogens is 2. The SMILES string of the molecule is O=c1cc(NCC2CC2)cnn1CCc1cccs1. The molecule has 1 fully saturated rings. The lowest BCUT2D eigenvalue weighted by Crippen LogP contribution is -2.23. The Kier molecular flexibility index (Phi) is 3.64. The summed E-state index contributed by atoms with van der Waals surface area (Å²) in [6.45, 7) is 1.60. The van der Waals surface area contributed by atoms with Crippen molar-refractivity contribution in [1.29, 1.82) is 0 Å². The minimum Gasteiger partial charge on any atom is -0.383 e. The topological polar surface area (TPSA) is 46.9 Å². The fourth-order valence-electron chi connectivity index (χ4n) is 1.95. The van der Waals surface area contributed by atoms with Gasteiger partial charge in [-0.25, -0.2) is 4.68 Å². The normalized spacial score (nSPS) is 14.5. The van der Waals surface area contributed by atoms with Crippen LogP contribution in [-0.2, 0) is 13.0 Å². The van der Waals surface area contributed by atoms with Gasteiger partial charge in [0.1, 0.15) is 0 Å². The van der Waals surface area contributed by atoms with E-state index in [9.17, 15) is 4.79 Å². The Balaban J connectivity index is 1.60. The highest BCUT2D eigenvalue weighted by atomic mass is 32.1. The summed E-state index contributed by atoms with van der Waals surface area (Å²) in [5, 5.41) is 9.54. The van der Waals surface area contributed by atoms with Crippen molar-refractivity contribution >= 4 is 17.0 Å². The minimum absolute atomic E-state index is 0.0302. The van der Waals surface area contributed by atoms with Gasteiger partial charge in [-0.2, -0.15) is 5.10 Å². The Hall–Kier alpha value is -1.62. The van der Waals surface area contributed by atoms with Crippen LogP contribution in [0.15, 0.2) is 34.6 Å². The average Bonchev–Trinajstić information content (AvgIpc) is 3.10. The average molecular weight is 275 g/mol. The van der Waals surface area contributed by atoms with Gasteiger partial charge >= 0.3 is 0 Å². The van der Waals surface area contributed by atoms with E-state index in [1.54, 1.807) is 23.6 Å². The van der Waals surface area contributed by atoms with Gasteiger partial charge in [0, 0.05) is 30.5 Å². The molecular weight excluding hydrogens is 258 g/mol. The number of thiophene rings is 1. The van der Waals surface area contributed by atoms with Crippen molar-refractivity contribution in [3.05, 3.63) is 45.0 Å². The molecule has 0 unspecified atom stereocenters. The summed E-state index contributed by atoms with van der Waals surface area (Å²) in [4.78, 5) is 13.2. The van der Waals surface area contributed by atoms with Crippen molar-refractivity contribution in [3.8, 4) is 0 Å². The Morgan fingerprint density at radius 3 is 3.05 bits per heavy atom. The summed E-state index contributed by atoms with van der Waals surface area (Å²) < 4.78 is 1.53. The van der Waals surface area contributed by atoms with E-state index in [0.717, 1.165) is 24.6 Å². The monoisotopic (exact) mass is 275 g/mol. The van der Waals surface area contributed by atoms with Gasteiger partial charge in [0.05, 0.1) is 11.9 Å². The van der Waals surface area contributed by atoms with E-state index in [1.807, 2.05) is 6.07 Å². The van der Waals surface area contributed by atoms with Crippen LogP contribution < -0.4 is 10.9 Å². The lowest BCUT2D eigenvalue weighted by molar-refractivity contribution is 0.581. The second-order valence-corrected chi connectivity index (χ2v) is 5.99. The van der Waals surface area contributed by atoms with E-state index in [0.29, 0.717) is 6.54 Å². The number of rotatable bonds is 6. The molecule has 1 N–H and O–H groups in total. The van der Waals surface area contributed by atoms with Crippen LogP contribution in [0.1, 0.15) is 17.7 Å². The van der Waals surface area contributed by atoms with Gasteiger partial charge in [-0.15, -0.1) is 11.3 Å². The summed E-state index contributed by atoms with van der Waals surface area (Å²) in [7, 11) is 0. The zero-order valence-electron chi connectivity index (χ0n) is 10.7. The smallest absolute Gasteiger partial charge is 0.268 e. The lowest BCUT2D eigenvalue weighted by atomic mass is 10.3. The Morgan fingerprint density at radius 2 is 2.37 bits per heavy atom. The highest BCUT2D eigenvalue weighted by Gasteiger charge is 2.20. The van der Waals surface area contributed by atoms with Gasteiger partial charge in [0.15, 0.2) is 0 Å². The molecule has 1 saturated carbocycles. The van der Waals surface area contributed by atoms with Crippen molar-refractivity contribution in [1.82, 2.24) is 9.78 Å². The predicted octanol–water partition coefficient (Wildman–Crippen LogP) is 2.37. The van der Waals surface area contributed by atoms with E-state index in [2.05, 4.69) is 21.9 Å². The minimum atomic E-state index is -0.0302. The van der Waals surface area contributed by atoms with Gasteiger partial charge in [-0.3, -0.25) is 4.79 Å². The Morgan fingerprint density at radius 1 is 1.47 bits per heavy atom. The quantitative estimate of drug-likeness (QED) is 0.880. The molecule has 0 saturated heterocycles. The molecule has 2 aromatic heterocycles. The zero-order chi connectivity index (χ0) is 13.1. The van der Waals surface area contributed by atoms with E-state index in [4.69, 9.17) is 0 Å². The zero-order valence-corrected chi connectivity index (χ0v) is 11.5. The van der Waals surface area contributed by atoms with Crippen LogP contribution in [0.4, 0.5) is 5.69 Å². The third kappa shape index (κ3) is 3.44. The van der Waals surface area contributed by atoms with Crippen LogP contribution in [0.5, 0.6) is 0 Å². The molecule has 0 amide bonds. The predicted molar refractivity (Wildman–Crippen MR) is 77.7 cm³/mol. The highest BCUT2D eigenvalue weighted by Crippen LogP contribution is 2.28. The van der Waals surface area contributed by atoms with E-state index < -0.39 is 0 Å². The van der Waals surface area contributed by atoms with Gasteiger partial charge in [0.25, 0.3) is 5.56 Å². The van der Waals surface area contributed by atoms with E-state index in [-0.39, 0.29) is 5.56 Å². The van der Waals surface area contributed by atoms with Crippen molar-refractivity contribution in [2.45, 2.75) is 25.8 Å². The van der Waals surface area contributed by atoms with Gasteiger partial charge in [-0.05, 0) is 30.2 Å². The first-order valence-electron chi connectivity index (χ1n) is 6.65. The number of hydrogen-bond donors (Lipinski definition) is 1. The number of nitrogens with zero attached hydrogens (tertiary/aromatic N) is 2. The highest BCUT2D eigenvalue weighted by molar-refractivity contribution is 7.09. The van der Waals surface area contributed by atoms with Crippen LogP contribution in [-0.4, -0.2) is 16.3 Å². The number of anilines is 1. The van der Waals surface area contributed by atoms with Gasteiger partial charge in [-0.1, -0.05) is 6.07 Å². The van der Waals surface area contributed by atoms with Gasteiger partial charge < -0.3 is 5.32 Å². The molecule has 0 bridgehead atoms. The van der Waals surface area contributed by atoms with Crippen LogP contribution in [0.2, 0.25) is 0 Å². The molecule has 100 valence electrons. The fraction of sp³-hybridized carbons (Fsp3) is 0.429. The summed E-state index contributed by atoms with van der Waals surface area (Å²) >= 11 is 1.71. The van der Waals surface area contributed by atoms with Crippen LogP contribution in [0.25, 0.3) is 0 Å². The standard InChI is InChI=1S/C14H17N3OS/c18-14-8-12(15-9-11-3-4-11)10-16-17(14)6-5-13-2-1-7-19-13/h1-2,7-8,10-11,15H,3-6,9H2. The lowest BCUT2D eigenvalue weighted by Gasteiger charge is -2.07. The molecule has 2 heterocycles. The van der Waals surface area contributed by atoms with Crippen LogP contribution in [0, 0.1) is 5.92 Å². The third-order valence-electron chi connectivity index (χ3n) is 3.31. The largest absolute Gasteiger partial charge is 0.383 e.